The Morgan fingerprint density at radius 3 is 2.48 bits per heavy atom. The molecule has 1 aliphatic heterocycles. The smallest absolute Gasteiger partial charge is 0.253 e. The quantitative estimate of drug-likeness (QED) is 0.641. The average Bonchev–Trinajstić information content (AvgIpc) is 2.92. The summed E-state index contributed by atoms with van der Waals surface area (Å²) in [6.45, 7) is 1.92. The van der Waals surface area contributed by atoms with Crippen molar-refractivity contribution in [3.8, 4) is 5.75 Å². The largest absolute Gasteiger partial charge is 0.497 e. The van der Waals surface area contributed by atoms with E-state index in [1.54, 1.807) is 37.4 Å². The van der Waals surface area contributed by atoms with Crippen molar-refractivity contribution < 1.29 is 19.1 Å². The van der Waals surface area contributed by atoms with Gasteiger partial charge in [-0.3, -0.25) is 24.7 Å². The fourth-order valence-corrected chi connectivity index (χ4v) is 3.50. The van der Waals surface area contributed by atoms with Gasteiger partial charge in [0.15, 0.2) is 5.11 Å². The van der Waals surface area contributed by atoms with E-state index in [0.29, 0.717) is 11.4 Å². The second-order valence-electron chi connectivity index (χ2n) is 7.25. The van der Waals surface area contributed by atoms with Crippen LogP contribution in [0.15, 0.2) is 48.5 Å². The van der Waals surface area contributed by atoms with Crippen molar-refractivity contribution >= 4 is 40.7 Å². The number of likely N-dealkylation sites (N-methyl/N-ethyl adjacent to an activating group) is 1. The summed E-state index contributed by atoms with van der Waals surface area (Å²) in [6.07, 6.45) is -0.0662. The summed E-state index contributed by atoms with van der Waals surface area (Å²) >= 11 is 5.30. The number of amides is 3. The predicted molar refractivity (Wildman–Crippen MR) is 120 cm³/mol. The zero-order chi connectivity index (χ0) is 22.5. The molecule has 1 aliphatic rings. The van der Waals surface area contributed by atoms with E-state index < -0.39 is 6.04 Å². The van der Waals surface area contributed by atoms with Crippen LogP contribution in [0.2, 0.25) is 0 Å². The SMILES string of the molecule is COc1ccc(CC(=O)NN2C(=S)N(C)C(=O)C2CC(=O)Nc2cccc(C)c2)cc1. The van der Waals surface area contributed by atoms with Crippen LogP contribution >= 0.6 is 12.2 Å². The van der Waals surface area contributed by atoms with Crippen LogP contribution in [0.25, 0.3) is 0 Å². The van der Waals surface area contributed by atoms with Crippen LogP contribution in [0.5, 0.6) is 5.75 Å². The number of carbonyl (C=O) groups is 3. The fourth-order valence-electron chi connectivity index (χ4n) is 3.24. The van der Waals surface area contributed by atoms with Crippen LogP contribution in [0.1, 0.15) is 17.5 Å². The highest BCUT2D eigenvalue weighted by molar-refractivity contribution is 7.80. The lowest BCUT2D eigenvalue weighted by Crippen LogP contribution is -2.50. The van der Waals surface area contributed by atoms with Crippen molar-refractivity contribution in [2.24, 2.45) is 0 Å². The lowest BCUT2D eigenvalue weighted by molar-refractivity contribution is -0.132. The molecule has 1 heterocycles. The molecule has 0 aromatic heterocycles. The molecule has 1 unspecified atom stereocenters. The molecule has 1 fully saturated rings. The second-order valence-corrected chi connectivity index (χ2v) is 7.61. The molecule has 2 aromatic carbocycles. The molecule has 1 saturated heterocycles. The molecule has 0 aliphatic carbocycles. The van der Waals surface area contributed by atoms with Crippen LogP contribution in [-0.4, -0.2) is 52.9 Å². The topological polar surface area (TPSA) is 91.0 Å². The highest BCUT2D eigenvalue weighted by Gasteiger charge is 2.42. The van der Waals surface area contributed by atoms with E-state index in [-0.39, 0.29) is 35.7 Å². The third kappa shape index (κ3) is 5.37. The number of hydrogen-bond acceptors (Lipinski definition) is 5. The van der Waals surface area contributed by atoms with E-state index in [9.17, 15) is 14.4 Å². The number of nitrogens with one attached hydrogen (secondary N) is 2. The summed E-state index contributed by atoms with van der Waals surface area (Å²) in [6, 6.07) is 13.5. The van der Waals surface area contributed by atoms with Gasteiger partial charge in [0.1, 0.15) is 11.8 Å². The van der Waals surface area contributed by atoms with Crippen LogP contribution in [-0.2, 0) is 20.8 Å². The number of nitrogens with zero attached hydrogens (tertiary/aromatic N) is 2. The van der Waals surface area contributed by atoms with Crippen molar-refractivity contribution in [1.29, 1.82) is 0 Å². The Morgan fingerprint density at radius 2 is 1.84 bits per heavy atom. The van der Waals surface area contributed by atoms with Crippen molar-refractivity contribution in [2.75, 3.05) is 19.5 Å². The highest BCUT2D eigenvalue weighted by Crippen LogP contribution is 2.19. The predicted octanol–water partition coefficient (Wildman–Crippen LogP) is 2.03. The van der Waals surface area contributed by atoms with Gasteiger partial charge in [-0.2, -0.15) is 0 Å². The first-order valence-corrected chi connectivity index (χ1v) is 10.1. The molecule has 162 valence electrons. The van der Waals surface area contributed by atoms with Gasteiger partial charge in [0, 0.05) is 12.7 Å². The van der Waals surface area contributed by atoms with Crippen molar-refractivity contribution in [1.82, 2.24) is 15.3 Å². The van der Waals surface area contributed by atoms with Gasteiger partial charge < -0.3 is 10.1 Å². The standard InChI is InChI=1S/C22H24N4O4S/c1-14-5-4-6-16(11-14)23-19(27)13-18-21(29)25(2)22(31)26(18)24-20(28)12-15-7-9-17(30-3)10-8-15/h4-11,18H,12-13H2,1-3H3,(H,23,27)(H,24,28). The van der Waals surface area contributed by atoms with Crippen molar-refractivity contribution in [3.05, 3.63) is 59.7 Å². The van der Waals surface area contributed by atoms with Gasteiger partial charge in [0.2, 0.25) is 11.8 Å². The molecular weight excluding hydrogens is 416 g/mol. The molecule has 2 N–H and O–H groups in total. The minimum atomic E-state index is -0.915. The van der Waals surface area contributed by atoms with Crippen LogP contribution in [0.3, 0.4) is 0 Å². The van der Waals surface area contributed by atoms with Gasteiger partial charge in [0.05, 0.1) is 20.0 Å². The van der Waals surface area contributed by atoms with E-state index in [2.05, 4.69) is 10.7 Å². The third-order valence-corrected chi connectivity index (χ3v) is 5.34. The third-order valence-electron chi connectivity index (χ3n) is 4.87. The van der Waals surface area contributed by atoms with Crippen molar-refractivity contribution in [3.63, 3.8) is 0 Å². The monoisotopic (exact) mass is 440 g/mol. The summed E-state index contributed by atoms with van der Waals surface area (Å²) in [5.74, 6) is -0.359. The molecule has 1 atom stereocenters. The zero-order valence-electron chi connectivity index (χ0n) is 17.5. The second kappa shape index (κ2) is 9.57. The number of ether oxygens (including phenoxy) is 1. The first kappa shape index (κ1) is 22.2. The molecular formula is C22H24N4O4S. The first-order valence-electron chi connectivity index (χ1n) is 9.68. The van der Waals surface area contributed by atoms with E-state index in [1.807, 2.05) is 25.1 Å². The number of thiocarbonyl (C=S) groups is 1. The normalized spacial score (nSPS) is 15.8. The maximum absolute atomic E-state index is 12.6. The van der Waals surface area contributed by atoms with Gasteiger partial charge in [-0.1, -0.05) is 24.3 Å². The number of hydrogen-bond donors (Lipinski definition) is 2. The maximum Gasteiger partial charge on any atom is 0.253 e. The van der Waals surface area contributed by atoms with Gasteiger partial charge in [-0.05, 0) is 54.5 Å². The Morgan fingerprint density at radius 1 is 1.13 bits per heavy atom. The molecule has 31 heavy (non-hydrogen) atoms. The van der Waals surface area contributed by atoms with Crippen molar-refractivity contribution in [2.45, 2.75) is 25.8 Å². The van der Waals surface area contributed by atoms with Gasteiger partial charge >= 0.3 is 0 Å². The Balaban J connectivity index is 1.66. The summed E-state index contributed by atoms with van der Waals surface area (Å²) < 4.78 is 5.11. The average molecular weight is 441 g/mol. The number of anilines is 1. The van der Waals surface area contributed by atoms with Crippen LogP contribution < -0.4 is 15.5 Å². The minimum Gasteiger partial charge on any atom is -0.497 e. The van der Waals surface area contributed by atoms with Crippen LogP contribution in [0, 0.1) is 6.92 Å². The van der Waals surface area contributed by atoms with Gasteiger partial charge in [-0.25, -0.2) is 5.01 Å². The lowest BCUT2D eigenvalue weighted by Gasteiger charge is -2.24. The molecule has 9 heteroatoms. The molecule has 0 spiro atoms. The number of benzene rings is 2. The number of rotatable bonds is 7. The summed E-state index contributed by atoms with van der Waals surface area (Å²) in [5.41, 5.74) is 5.09. The molecule has 8 nitrogen and oxygen atoms in total. The Labute approximate surface area is 186 Å². The van der Waals surface area contributed by atoms with E-state index in [4.69, 9.17) is 17.0 Å². The van der Waals surface area contributed by atoms with Gasteiger partial charge in [0.25, 0.3) is 5.91 Å². The Bertz CT molecular complexity index is 1010. The van der Waals surface area contributed by atoms with E-state index in [0.717, 1.165) is 11.1 Å². The Hall–Kier alpha value is -3.46. The maximum atomic E-state index is 12.6. The minimum absolute atomic E-state index is 0.0865. The molecule has 2 aromatic rings. The summed E-state index contributed by atoms with van der Waals surface area (Å²) in [7, 11) is 3.09. The molecule has 3 amide bonds. The highest BCUT2D eigenvalue weighted by atomic mass is 32.1. The lowest BCUT2D eigenvalue weighted by atomic mass is 10.1. The molecule has 3 rings (SSSR count). The summed E-state index contributed by atoms with van der Waals surface area (Å²) in [5, 5.41) is 4.21. The Kier molecular flexibility index (Phi) is 6.86. The summed E-state index contributed by atoms with van der Waals surface area (Å²) in [4.78, 5) is 39.0. The molecule has 0 radical (unpaired) electrons. The molecule has 0 bridgehead atoms. The first-order chi connectivity index (χ1) is 14.8. The zero-order valence-corrected chi connectivity index (χ0v) is 18.4. The van der Waals surface area contributed by atoms with Gasteiger partial charge in [-0.15, -0.1) is 0 Å². The number of methoxy groups -OCH3 is 1. The number of hydrazine groups is 1. The molecule has 0 saturated carbocycles. The number of carbonyl (C=O) groups excluding carboxylic acids is 3. The van der Waals surface area contributed by atoms with E-state index in [1.165, 1.54) is 17.0 Å². The van der Waals surface area contributed by atoms with E-state index >= 15 is 0 Å². The number of aryl methyl sites for hydroxylation is 1. The fraction of sp³-hybridized carbons (Fsp3) is 0.273. The van der Waals surface area contributed by atoms with Crippen LogP contribution in [0.4, 0.5) is 5.69 Å².